The van der Waals surface area contributed by atoms with E-state index in [1.54, 1.807) is 54.9 Å². The third-order valence-corrected chi connectivity index (χ3v) is 7.68. The number of sulfone groups is 1. The molecule has 3 aromatic heterocycles. The molecule has 31 heavy (non-hydrogen) atoms. The van der Waals surface area contributed by atoms with Gasteiger partial charge in [0.1, 0.15) is 21.3 Å². The van der Waals surface area contributed by atoms with Gasteiger partial charge in [-0.15, -0.1) is 0 Å². The first-order chi connectivity index (χ1) is 14.6. The molecule has 4 aromatic rings. The van der Waals surface area contributed by atoms with Gasteiger partial charge in [-0.1, -0.05) is 17.4 Å². The first-order valence-corrected chi connectivity index (χ1v) is 12.0. The largest absolute Gasteiger partial charge is 0.495 e. The van der Waals surface area contributed by atoms with Crippen molar-refractivity contribution in [3.8, 4) is 17.0 Å². The smallest absolute Gasteiger partial charge is 0.213 e. The van der Waals surface area contributed by atoms with Crippen LogP contribution in [0.25, 0.3) is 16.2 Å². The van der Waals surface area contributed by atoms with E-state index in [4.69, 9.17) is 4.74 Å². The molecule has 0 aliphatic carbocycles. The number of nitrogens with zero attached hydrogens (tertiary/aromatic N) is 4. The van der Waals surface area contributed by atoms with Crippen LogP contribution in [-0.2, 0) is 21.2 Å². The summed E-state index contributed by atoms with van der Waals surface area (Å²) in [7, 11) is -2.27. The Morgan fingerprint density at radius 2 is 2.03 bits per heavy atom. The zero-order valence-corrected chi connectivity index (χ0v) is 19.2. The molecule has 0 fully saturated rings. The quantitative estimate of drug-likeness (QED) is 0.472. The molecule has 0 amide bonds. The van der Waals surface area contributed by atoms with Gasteiger partial charge in [-0.05, 0) is 50.6 Å². The number of ether oxygens (including phenoxy) is 1. The molecule has 1 N–H and O–H groups in total. The van der Waals surface area contributed by atoms with Crippen LogP contribution in [0.3, 0.4) is 0 Å². The molecule has 0 spiro atoms. The molecule has 0 radical (unpaired) electrons. The molecule has 0 saturated heterocycles. The monoisotopic (exact) mass is 458 g/mol. The Bertz CT molecular complexity index is 1350. The molecule has 1 aromatic carbocycles. The van der Waals surface area contributed by atoms with E-state index in [-0.39, 0.29) is 16.4 Å². The highest BCUT2D eigenvalue weighted by Crippen LogP contribution is 2.35. The second-order valence-electron chi connectivity index (χ2n) is 7.69. The lowest BCUT2D eigenvalue weighted by molar-refractivity contribution is 0.0773. The minimum atomic E-state index is -3.71. The minimum absolute atomic E-state index is 0.0867. The molecule has 0 unspecified atom stereocenters. The third kappa shape index (κ3) is 4.06. The van der Waals surface area contributed by atoms with Gasteiger partial charge in [0.05, 0.1) is 24.3 Å². The third-order valence-electron chi connectivity index (χ3n) is 4.75. The van der Waals surface area contributed by atoms with E-state index < -0.39 is 15.4 Å². The van der Waals surface area contributed by atoms with Crippen LogP contribution in [0.5, 0.6) is 5.75 Å². The van der Waals surface area contributed by atoms with E-state index in [1.165, 1.54) is 24.6 Å². The number of benzene rings is 1. The molecule has 4 rings (SSSR count). The van der Waals surface area contributed by atoms with Crippen LogP contribution in [-0.4, -0.2) is 40.2 Å². The van der Waals surface area contributed by atoms with Gasteiger partial charge in [-0.25, -0.2) is 17.9 Å². The lowest BCUT2D eigenvalue weighted by Gasteiger charge is -2.13. The average Bonchev–Trinajstić information content (AvgIpc) is 3.25. The lowest BCUT2D eigenvalue weighted by Crippen LogP contribution is -2.15. The number of aromatic nitrogens is 4. The number of hydrogen-bond acceptors (Lipinski definition) is 8. The van der Waals surface area contributed by atoms with Crippen molar-refractivity contribution < 1.29 is 18.3 Å². The van der Waals surface area contributed by atoms with E-state index in [9.17, 15) is 13.5 Å². The molecule has 0 aliphatic heterocycles. The SMILES string of the molecule is COc1ccc(-c2c(C)nc3sc(C(C)(C)O)nn23)cc1S(=O)(=O)Cc1cccnc1. The maximum absolute atomic E-state index is 13.2. The van der Waals surface area contributed by atoms with Crippen LogP contribution in [0.4, 0.5) is 0 Å². The van der Waals surface area contributed by atoms with Crippen molar-refractivity contribution in [1.82, 2.24) is 19.6 Å². The maximum Gasteiger partial charge on any atom is 0.213 e. The normalized spacial score (nSPS) is 12.4. The Labute approximate surface area is 184 Å². The highest BCUT2D eigenvalue weighted by Gasteiger charge is 2.26. The Kier molecular flexibility index (Phi) is 5.32. The fourth-order valence-corrected chi connectivity index (χ4v) is 5.75. The summed E-state index contributed by atoms with van der Waals surface area (Å²) in [6.45, 7) is 5.16. The molecule has 162 valence electrons. The summed E-state index contributed by atoms with van der Waals surface area (Å²) in [5.74, 6) is 0.0718. The van der Waals surface area contributed by atoms with Crippen LogP contribution in [0, 0.1) is 6.92 Å². The molecule has 8 nitrogen and oxygen atoms in total. The summed E-state index contributed by atoms with van der Waals surface area (Å²) >= 11 is 1.29. The molecular formula is C21H22N4O4S2. The number of aliphatic hydroxyl groups is 1. The summed E-state index contributed by atoms with van der Waals surface area (Å²) in [5.41, 5.74) is 1.51. The fourth-order valence-electron chi connectivity index (χ4n) is 3.28. The molecule has 0 aliphatic rings. The van der Waals surface area contributed by atoms with E-state index in [0.29, 0.717) is 32.5 Å². The number of methoxy groups -OCH3 is 1. The minimum Gasteiger partial charge on any atom is -0.495 e. The van der Waals surface area contributed by atoms with Gasteiger partial charge in [0, 0.05) is 18.0 Å². The molecule has 0 atom stereocenters. The maximum atomic E-state index is 13.2. The van der Waals surface area contributed by atoms with Gasteiger partial charge in [0.25, 0.3) is 0 Å². The Morgan fingerprint density at radius 1 is 1.26 bits per heavy atom. The van der Waals surface area contributed by atoms with Crippen molar-refractivity contribution in [2.24, 2.45) is 0 Å². The molecule has 0 saturated carbocycles. The second-order valence-corrected chi connectivity index (χ2v) is 10.6. The molecular weight excluding hydrogens is 436 g/mol. The van der Waals surface area contributed by atoms with Crippen LogP contribution in [0.2, 0.25) is 0 Å². The Morgan fingerprint density at radius 3 is 2.68 bits per heavy atom. The highest BCUT2D eigenvalue weighted by atomic mass is 32.2. The topological polar surface area (TPSA) is 107 Å². The van der Waals surface area contributed by atoms with E-state index in [2.05, 4.69) is 15.1 Å². The van der Waals surface area contributed by atoms with Crippen LogP contribution < -0.4 is 4.74 Å². The molecule has 3 heterocycles. The fraction of sp³-hybridized carbons (Fsp3) is 0.286. The van der Waals surface area contributed by atoms with Crippen LogP contribution in [0.1, 0.15) is 30.1 Å². The van der Waals surface area contributed by atoms with Gasteiger partial charge in [0.15, 0.2) is 9.84 Å². The molecule has 10 heteroatoms. The van der Waals surface area contributed by atoms with E-state index in [1.807, 2.05) is 6.92 Å². The van der Waals surface area contributed by atoms with Gasteiger partial charge in [-0.3, -0.25) is 4.98 Å². The predicted molar refractivity (Wildman–Crippen MR) is 118 cm³/mol. The molecule has 0 bridgehead atoms. The number of hydrogen-bond donors (Lipinski definition) is 1. The zero-order chi connectivity index (χ0) is 22.4. The second kappa shape index (κ2) is 7.70. The summed E-state index contributed by atoms with van der Waals surface area (Å²) in [4.78, 5) is 9.25. The number of rotatable bonds is 6. The van der Waals surface area contributed by atoms with Crippen molar-refractivity contribution in [2.75, 3.05) is 7.11 Å². The summed E-state index contributed by atoms with van der Waals surface area (Å²) in [6.07, 6.45) is 3.13. The van der Waals surface area contributed by atoms with Crippen molar-refractivity contribution >= 4 is 26.1 Å². The first kappa shape index (κ1) is 21.4. The number of imidazole rings is 1. The zero-order valence-electron chi connectivity index (χ0n) is 17.5. The number of pyridine rings is 1. The van der Waals surface area contributed by atoms with Crippen molar-refractivity contribution in [1.29, 1.82) is 0 Å². The van der Waals surface area contributed by atoms with Gasteiger partial charge < -0.3 is 9.84 Å². The highest BCUT2D eigenvalue weighted by molar-refractivity contribution is 7.90. The van der Waals surface area contributed by atoms with Crippen LogP contribution in [0.15, 0.2) is 47.6 Å². The summed E-state index contributed by atoms with van der Waals surface area (Å²) < 4.78 is 33.4. The summed E-state index contributed by atoms with van der Waals surface area (Å²) in [5, 5.41) is 15.3. The lowest BCUT2D eigenvalue weighted by atomic mass is 10.1. The van der Waals surface area contributed by atoms with Crippen molar-refractivity contribution in [3.05, 3.63) is 59.0 Å². The van der Waals surface area contributed by atoms with Gasteiger partial charge >= 0.3 is 0 Å². The van der Waals surface area contributed by atoms with Gasteiger partial charge in [0.2, 0.25) is 4.96 Å². The first-order valence-electron chi connectivity index (χ1n) is 9.49. The van der Waals surface area contributed by atoms with E-state index >= 15 is 0 Å². The Balaban J connectivity index is 1.85. The average molecular weight is 459 g/mol. The van der Waals surface area contributed by atoms with E-state index in [0.717, 1.165) is 0 Å². The van der Waals surface area contributed by atoms with Gasteiger partial charge in [-0.2, -0.15) is 5.10 Å². The number of aryl methyl sites for hydroxylation is 1. The summed E-state index contributed by atoms with van der Waals surface area (Å²) in [6, 6.07) is 8.42. The Hall–Kier alpha value is -2.82. The number of fused-ring (bicyclic) bond motifs is 1. The standard InChI is InChI=1S/C21H22N4O4S2/c1-13-18(25-20(23-13)30-19(24-25)21(2,3)26)15-7-8-16(29-4)17(10-15)31(27,28)12-14-6-5-9-22-11-14/h5-11,26H,12H2,1-4H3. The predicted octanol–water partition coefficient (Wildman–Crippen LogP) is 3.37. The van der Waals surface area contributed by atoms with Crippen molar-refractivity contribution in [2.45, 2.75) is 37.0 Å². The van der Waals surface area contributed by atoms with Crippen molar-refractivity contribution in [3.63, 3.8) is 0 Å². The van der Waals surface area contributed by atoms with Crippen LogP contribution >= 0.6 is 11.3 Å².